The van der Waals surface area contributed by atoms with Crippen molar-refractivity contribution in [1.82, 2.24) is 0 Å². The molecule has 0 aromatic heterocycles. The molecule has 0 saturated heterocycles. The second-order valence-electron chi connectivity index (χ2n) is 4.04. The Morgan fingerprint density at radius 3 is 1.85 bits per heavy atom. The van der Waals surface area contributed by atoms with E-state index in [2.05, 4.69) is 27.9 Å². The molecular formula is C15H16INO3. The predicted octanol–water partition coefficient (Wildman–Crippen LogP) is 4.06. The van der Waals surface area contributed by atoms with Crippen LogP contribution < -0.4 is 19.5 Å². The molecule has 0 saturated carbocycles. The molecule has 2 aromatic carbocycles. The van der Waals surface area contributed by atoms with Crippen molar-refractivity contribution in [2.45, 2.75) is 0 Å². The van der Waals surface area contributed by atoms with Crippen molar-refractivity contribution in [2.24, 2.45) is 0 Å². The van der Waals surface area contributed by atoms with Crippen LogP contribution in [0.4, 0.5) is 11.4 Å². The fourth-order valence-electron chi connectivity index (χ4n) is 1.81. The van der Waals surface area contributed by atoms with E-state index < -0.39 is 0 Å². The molecule has 0 amide bonds. The van der Waals surface area contributed by atoms with E-state index >= 15 is 0 Å². The number of methoxy groups -OCH3 is 3. The number of anilines is 2. The van der Waals surface area contributed by atoms with Gasteiger partial charge in [0.05, 0.1) is 21.3 Å². The van der Waals surface area contributed by atoms with Gasteiger partial charge < -0.3 is 19.5 Å². The molecule has 0 aliphatic carbocycles. The van der Waals surface area contributed by atoms with Gasteiger partial charge in [-0.3, -0.25) is 0 Å². The van der Waals surface area contributed by atoms with E-state index in [9.17, 15) is 0 Å². The van der Waals surface area contributed by atoms with Crippen molar-refractivity contribution < 1.29 is 14.2 Å². The minimum absolute atomic E-state index is 0.666. The van der Waals surface area contributed by atoms with E-state index in [0.29, 0.717) is 17.2 Å². The van der Waals surface area contributed by atoms with Gasteiger partial charge in [0.2, 0.25) is 0 Å². The molecule has 0 unspecified atom stereocenters. The molecule has 5 heteroatoms. The SMILES string of the molecule is COc1cc(OC)c(Nc2ccc(I)cc2)c(OC)c1. The van der Waals surface area contributed by atoms with Crippen LogP contribution in [0.3, 0.4) is 0 Å². The Balaban J connectivity index is 2.41. The molecule has 0 atom stereocenters. The zero-order valence-electron chi connectivity index (χ0n) is 11.6. The minimum atomic E-state index is 0.666. The van der Waals surface area contributed by atoms with E-state index in [4.69, 9.17) is 14.2 Å². The maximum Gasteiger partial charge on any atom is 0.149 e. The molecule has 0 aliphatic heterocycles. The first-order valence-corrected chi connectivity index (χ1v) is 7.08. The van der Waals surface area contributed by atoms with Crippen molar-refractivity contribution in [2.75, 3.05) is 26.6 Å². The topological polar surface area (TPSA) is 39.7 Å². The number of nitrogens with one attached hydrogen (secondary N) is 1. The molecule has 0 heterocycles. The van der Waals surface area contributed by atoms with Gasteiger partial charge >= 0.3 is 0 Å². The van der Waals surface area contributed by atoms with Gasteiger partial charge in [0.25, 0.3) is 0 Å². The van der Waals surface area contributed by atoms with Gasteiger partial charge in [-0.2, -0.15) is 0 Å². The van der Waals surface area contributed by atoms with Gasteiger partial charge in [-0.25, -0.2) is 0 Å². The molecule has 4 nitrogen and oxygen atoms in total. The maximum absolute atomic E-state index is 5.40. The third-order valence-corrected chi connectivity index (χ3v) is 3.55. The third kappa shape index (κ3) is 3.27. The Kier molecular flexibility index (Phi) is 4.94. The lowest BCUT2D eigenvalue weighted by atomic mass is 10.2. The van der Waals surface area contributed by atoms with Gasteiger partial charge in [-0.05, 0) is 46.9 Å². The van der Waals surface area contributed by atoms with Crippen molar-refractivity contribution >= 4 is 34.0 Å². The van der Waals surface area contributed by atoms with Crippen LogP contribution in [-0.2, 0) is 0 Å². The highest BCUT2D eigenvalue weighted by Gasteiger charge is 2.13. The Morgan fingerprint density at radius 2 is 1.40 bits per heavy atom. The fraction of sp³-hybridized carbons (Fsp3) is 0.200. The number of hydrogen-bond donors (Lipinski definition) is 1. The van der Waals surface area contributed by atoms with Gasteiger partial charge in [0, 0.05) is 21.4 Å². The molecule has 0 spiro atoms. The van der Waals surface area contributed by atoms with Gasteiger partial charge in [-0.1, -0.05) is 0 Å². The first-order chi connectivity index (χ1) is 9.67. The second-order valence-corrected chi connectivity index (χ2v) is 5.28. The summed E-state index contributed by atoms with van der Waals surface area (Å²) in [6.07, 6.45) is 0. The van der Waals surface area contributed by atoms with E-state index in [1.165, 1.54) is 3.57 Å². The van der Waals surface area contributed by atoms with E-state index in [1.807, 2.05) is 36.4 Å². The highest BCUT2D eigenvalue weighted by atomic mass is 127. The highest BCUT2D eigenvalue weighted by Crippen LogP contribution is 2.40. The molecule has 0 aliphatic rings. The number of ether oxygens (including phenoxy) is 3. The number of benzene rings is 2. The van der Waals surface area contributed by atoms with Crippen LogP contribution in [0.2, 0.25) is 0 Å². The van der Waals surface area contributed by atoms with E-state index in [1.54, 1.807) is 21.3 Å². The lowest BCUT2D eigenvalue weighted by Gasteiger charge is -2.16. The molecule has 2 rings (SSSR count). The highest BCUT2D eigenvalue weighted by molar-refractivity contribution is 14.1. The standard InChI is InChI=1S/C15H16INO3/c1-18-12-8-13(19-2)15(14(9-12)20-3)17-11-6-4-10(16)5-7-11/h4-9,17H,1-3H3. The van der Waals surface area contributed by atoms with Crippen LogP contribution in [-0.4, -0.2) is 21.3 Å². The lowest BCUT2D eigenvalue weighted by Crippen LogP contribution is -1.99. The molecule has 106 valence electrons. The van der Waals surface area contributed by atoms with Crippen molar-refractivity contribution in [1.29, 1.82) is 0 Å². The smallest absolute Gasteiger partial charge is 0.149 e. The largest absolute Gasteiger partial charge is 0.496 e. The first kappa shape index (κ1) is 14.8. The quantitative estimate of drug-likeness (QED) is 0.789. The zero-order chi connectivity index (χ0) is 14.5. The lowest BCUT2D eigenvalue weighted by molar-refractivity contribution is 0.378. The second kappa shape index (κ2) is 6.69. The molecule has 1 N–H and O–H groups in total. The molecule has 20 heavy (non-hydrogen) atoms. The Bertz CT molecular complexity index is 559. The van der Waals surface area contributed by atoms with Crippen molar-refractivity contribution in [3.63, 3.8) is 0 Å². The Labute approximate surface area is 132 Å². The minimum Gasteiger partial charge on any atom is -0.496 e. The Morgan fingerprint density at radius 1 is 0.850 bits per heavy atom. The average molecular weight is 385 g/mol. The predicted molar refractivity (Wildman–Crippen MR) is 88.5 cm³/mol. The maximum atomic E-state index is 5.40. The average Bonchev–Trinajstić information content (AvgIpc) is 2.49. The van der Waals surface area contributed by atoms with Crippen LogP contribution in [0.5, 0.6) is 17.2 Å². The monoisotopic (exact) mass is 385 g/mol. The zero-order valence-corrected chi connectivity index (χ0v) is 13.7. The van der Waals surface area contributed by atoms with Crippen LogP contribution in [0, 0.1) is 3.57 Å². The normalized spacial score (nSPS) is 10.0. The first-order valence-electron chi connectivity index (χ1n) is 6.00. The molecule has 0 radical (unpaired) electrons. The summed E-state index contributed by atoms with van der Waals surface area (Å²) in [5, 5.41) is 3.31. The summed E-state index contributed by atoms with van der Waals surface area (Å²) < 4.78 is 17.2. The van der Waals surface area contributed by atoms with Crippen molar-refractivity contribution in [3.8, 4) is 17.2 Å². The summed E-state index contributed by atoms with van der Waals surface area (Å²) in [5.74, 6) is 2.02. The summed E-state index contributed by atoms with van der Waals surface area (Å²) >= 11 is 2.27. The van der Waals surface area contributed by atoms with E-state index in [-0.39, 0.29) is 0 Å². The summed E-state index contributed by atoms with van der Waals surface area (Å²) in [6, 6.07) is 11.7. The third-order valence-electron chi connectivity index (χ3n) is 2.83. The molecule has 0 bridgehead atoms. The molecular weight excluding hydrogens is 369 g/mol. The van der Waals surface area contributed by atoms with Crippen LogP contribution in [0.25, 0.3) is 0 Å². The fourth-order valence-corrected chi connectivity index (χ4v) is 2.17. The van der Waals surface area contributed by atoms with Gasteiger partial charge in [0.15, 0.2) is 0 Å². The van der Waals surface area contributed by atoms with Crippen LogP contribution in [0.1, 0.15) is 0 Å². The Hall–Kier alpha value is -1.63. The summed E-state index contributed by atoms with van der Waals surface area (Å²) in [6.45, 7) is 0. The summed E-state index contributed by atoms with van der Waals surface area (Å²) in [7, 11) is 4.85. The summed E-state index contributed by atoms with van der Waals surface area (Å²) in [5.41, 5.74) is 1.74. The van der Waals surface area contributed by atoms with Crippen LogP contribution in [0.15, 0.2) is 36.4 Å². The summed E-state index contributed by atoms with van der Waals surface area (Å²) in [4.78, 5) is 0. The number of halogens is 1. The van der Waals surface area contributed by atoms with Crippen LogP contribution >= 0.6 is 22.6 Å². The molecule has 2 aromatic rings. The van der Waals surface area contributed by atoms with Gasteiger partial charge in [-0.15, -0.1) is 0 Å². The van der Waals surface area contributed by atoms with E-state index in [0.717, 1.165) is 11.4 Å². The molecule has 0 fully saturated rings. The number of hydrogen-bond acceptors (Lipinski definition) is 4. The van der Waals surface area contributed by atoms with Crippen molar-refractivity contribution in [3.05, 3.63) is 40.0 Å². The number of rotatable bonds is 5. The van der Waals surface area contributed by atoms with Gasteiger partial charge in [0.1, 0.15) is 22.9 Å².